The lowest BCUT2D eigenvalue weighted by molar-refractivity contribution is 0.100. The summed E-state index contributed by atoms with van der Waals surface area (Å²) in [6.45, 7) is 0. The molecule has 6 heteroatoms. The number of carbonyl (C=O) groups excluding carboxylic acids is 1. The summed E-state index contributed by atoms with van der Waals surface area (Å²) < 4.78 is 12.6. The maximum absolute atomic E-state index is 12.6. The molecular formula is C7H5FN4O. The van der Waals surface area contributed by atoms with E-state index in [2.05, 4.69) is 10.0 Å². The molecule has 0 radical (unpaired) electrons. The smallest absolute Gasteiger partial charge is 0.249 e. The van der Waals surface area contributed by atoms with E-state index in [9.17, 15) is 9.18 Å². The summed E-state index contributed by atoms with van der Waals surface area (Å²) in [6.07, 6.45) is 0. The quantitative estimate of drug-likeness (QED) is 0.420. The van der Waals surface area contributed by atoms with Crippen molar-refractivity contribution in [3.63, 3.8) is 0 Å². The molecular weight excluding hydrogens is 175 g/mol. The summed E-state index contributed by atoms with van der Waals surface area (Å²) in [5, 5.41) is 3.18. The standard InChI is InChI=1S/C7H5FN4O/c8-4-1-2-6(11-12-10)5(3-4)7(9)13/h1-3H,(H2,9,13). The molecule has 66 valence electrons. The Morgan fingerprint density at radius 1 is 1.62 bits per heavy atom. The van der Waals surface area contributed by atoms with Crippen LogP contribution >= 0.6 is 0 Å². The monoisotopic (exact) mass is 180 g/mol. The Morgan fingerprint density at radius 2 is 2.31 bits per heavy atom. The van der Waals surface area contributed by atoms with Gasteiger partial charge in [-0.3, -0.25) is 4.79 Å². The summed E-state index contributed by atoms with van der Waals surface area (Å²) in [5.41, 5.74) is 12.9. The van der Waals surface area contributed by atoms with Crippen molar-refractivity contribution in [1.82, 2.24) is 0 Å². The number of primary amides is 1. The Labute approximate surface area is 72.6 Å². The highest BCUT2D eigenvalue weighted by atomic mass is 19.1. The third-order valence-corrected chi connectivity index (χ3v) is 1.38. The van der Waals surface area contributed by atoms with E-state index in [0.717, 1.165) is 12.1 Å². The van der Waals surface area contributed by atoms with Crippen LogP contribution in [-0.2, 0) is 0 Å². The van der Waals surface area contributed by atoms with Gasteiger partial charge in [0.05, 0.1) is 11.3 Å². The molecule has 2 N–H and O–H groups in total. The van der Waals surface area contributed by atoms with E-state index in [0.29, 0.717) is 0 Å². The minimum atomic E-state index is -0.832. The van der Waals surface area contributed by atoms with Gasteiger partial charge in [-0.15, -0.1) is 0 Å². The molecule has 0 aliphatic rings. The summed E-state index contributed by atoms with van der Waals surface area (Å²) >= 11 is 0. The zero-order valence-electron chi connectivity index (χ0n) is 6.44. The van der Waals surface area contributed by atoms with E-state index in [-0.39, 0.29) is 11.3 Å². The van der Waals surface area contributed by atoms with Crippen LogP contribution in [0.15, 0.2) is 23.3 Å². The van der Waals surface area contributed by atoms with E-state index in [1.54, 1.807) is 0 Å². The Kier molecular flexibility index (Phi) is 2.47. The minimum Gasteiger partial charge on any atom is -0.366 e. The third kappa shape index (κ3) is 1.94. The molecule has 0 bridgehead atoms. The third-order valence-electron chi connectivity index (χ3n) is 1.38. The molecule has 13 heavy (non-hydrogen) atoms. The Bertz CT molecular complexity index is 397. The molecule has 1 aromatic carbocycles. The van der Waals surface area contributed by atoms with Gasteiger partial charge in [-0.25, -0.2) is 4.39 Å². The molecule has 0 atom stereocenters. The number of azide groups is 1. The van der Waals surface area contributed by atoms with Gasteiger partial charge >= 0.3 is 0 Å². The van der Waals surface area contributed by atoms with Crippen LogP contribution in [0.3, 0.4) is 0 Å². The summed E-state index contributed by atoms with van der Waals surface area (Å²) in [7, 11) is 0. The molecule has 0 saturated heterocycles. The molecule has 0 fully saturated rings. The van der Waals surface area contributed by atoms with Crippen molar-refractivity contribution in [3.8, 4) is 0 Å². The van der Waals surface area contributed by atoms with Crippen LogP contribution in [0.2, 0.25) is 0 Å². The zero-order valence-corrected chi connectivity index (χ0v) is 6.44. The van der Waals surface area contributed by atoms with Gasteiger partial charge in [-0.1, -0.05) is 5.11 Å². The lowest BCUT2D eigenvalue weighted by atomic mass is 10.1. The second-order valence-electron chi connectivity index (χ2n) is 2.22. The van der Waals surface area contributed by atoms with Crippen molar-refractivity contribution >= 4 is 11.6 Å². The maximum atomic E-state index is 12.6. The SMILES string of the molecule is [N-]=[N+]=Nc1ccc(F)cc1C(N)=O. The molecule has 1 amide bonds. The fourth-order valence-corrected chi connectivity index (χ4v) is 0.841. The molecule has 0 aromatic heterocycles. The van der Waals surface area contributed by atoms with E-state index in [4.69, 9.17) is 11.3 Å². The molecule has 0 aliphatic heterocycles. The van der Waals surface area contributed by atoms with Gasteiger partial charge in [0.15, 0.2) is 0 Å². The fraction of sp³-hybridized carbons (Fsp3) is 0. The van der Waals surface area contributed by atoms with Gasteiger partial charge in [0, 0.05) is 4.91 Å². The Morgan fingerprint density at radius 3 is 2.85 bits per heavy atom. The van der Waals surface area contributed by atoms with Crippen LogP contribution in [0.5, 0.6) is 0 Å². The number of nitrogens with two attached hydrogens (primary N) is 1. The number of nitrogens with zero attached hydrogens (tertiary/aromatic N) is 3. The molecule has 5 nitrogen and oxygen atoms in total. The Balaban J connectivity index is 3.34. The van der Waals surface area contributed by atoms with E-state index in [1.807, 2.05) is 0 Å². The van der Waals surface area contributed by atoms with Gasteiger partial charge in [-0.05, 0) is 23.7 Å². The first-order valence-corrected chi connectivity index (χ1v) is 3.29. The number of hydrogen-bond donors (Lipinski definition) is 1. The molecule has 1 aromatic rings. The predicted octanol–water partition coefficient (Wildman–Crippen LogP) is 1.87. The van der Waals surface area contributed by atoms with Crippen molar-refractivity contribution in [1.29, 1.82) is 0 Å². The highest BCUT2D eigenvalue weighted by molar-refractivity contribution is 5.97. The second-order valence-corrected chi connectivity index (χ2v) is 2.22. The number of hydrogen-bond acceptors (Lipinski definition) is 2. The first-order valence-electron chi connectivity index (χ1n) is 3.29. The number of halogens is 1. The van der Waals surface area contributed by atoms with Crippen LogP contribution in [0, 0.1) is 5.82 Å². The normalized spacial score (nSPS) is 9.00. The zero-order chi connectivity index (χ0) is 9.84. The summed E-state index contributed by atoms with van der Waals surface area (Å²) in [4.78, 5) is 13.2. The highest BCUT2D eigenvalue weighted by Crippen LogP contribution is 2.19. The Hall–Kier alpha value is -2.07. The van der Waals surface area contributed by atoms with Crippen LogP contribution < -0.4 is 5.73 Å². The molecule has 0 spiro atoms. The summed E-state index contributed by atoms with van der Waals surface area (Å²) in [6, 6.07) is 3.19. The van der Waals surface area contributed by atoms with Crippen molar-refractivity contribution in [2.75, 3.05) is 0 Å². The highest BCUT2D eigenvalue weighted by Gasteiger charge is 2.07. The summed E-state index contributed by atoms with van der Waals surface area (Å²) in [5.74, 6) is -1.44. The van der Waals surface area contributed by atoms with Crippen molar-refractivity contribution in [2.24, 2.45) is 10.8 Å². The predicted molar refractivity (Wildman–Crippen MR) is 43.7 cm³/mol. The molecule has 0 aliphatic carbocycles. The van der Waals surface area contributed by atoms with Gasteiger partial charge in [0.2, 0.25) is 5.91 Å². The van der Waals surface area contributed by atoms with Crippen molar-refractivity contribution in [3.05, 3.63) is 40.0 Å². The van der Waals surface area contributed by atoms with Crippen LogP contribution in [0.4, 0.5) is 10.1 Å². The van der Waals surface area contributed by atoms with E-state index in [1.165, 1.54) is 6.07 Å². The first-order chi connectivity index (χ1) is 6.15. The molecule has 1 rings (SSSR count). The van der Waals surface area contributed by atoms with Crippen LogP contribution in [-0.4, -0.2) is 5.91 Å². The van der Waals surface area contributed by atoms with Gasteiger partial charge in [-0.2, -0.15) is 0 Å². The van der Waals surface area contributed by atoms with E-state index >= 15 is 0 Å². The number of carbonyl (C=O) groups is 1. The van der Waals surface area contributed by atoms with Gasteiger partial charge < -0.3 is 5.73 Å². The number of amides is 1. The van der Waals surface area contributed by atoms with Gasteiger partial charge in [0.1, 0.15) is 5.82 Å². The average molecular weight is 180 g/mol. The second kappa shape index (κ2) is 3.55. The van der Waals surface area contributed by atoms with Crippen LogP contribution in [0.25, 0.3) is 10.4 Å². The largest absolute Gasteiger partial charge is 0.366 e. The molecule has 0 heterocycles. The first kappa shape index (κ1) is 9.02. The van der Waals surface area contributed by atoms with Crippen molar-refractivity contribution < 1.29 is 9.18 Å². The van der Waals surface area contributed by atoms with Crippen LogP contribution in [0.1, 0.15) is 10.4 Å². The molecule has 0 saturated carbocycles. The fourth-order valence-electron chi connectivity index (χ4n) is 0.841. The lowest BCUT2D eigenvalue weighted by Gasteiger charge is -1.99. The van der Waals surface area contributed by atoms with E-state index < -0.39 is 11.7 Å². The lowest BCUT2D eigenvalue weighted by Crippen LogP contribution is -2.11. The molecule has 0 unspecified atom stereocenters. The topological polar surface area (TPSA) is 91.8 Å². The number of rotatable bonds is 2. The van der Waals surface area contributed by atoms with Gasteiger partial charge in [0.25, 0.3) is 0 Å². The van der Waals surface area contributed by atoms with Crippen molar-refractivity contribution in [2.45, 2.75) is 0 Å². The maximum Gasteiger partial charge on any atom is 0.249 e. The minimum absolute atomic E-state index is 0.0244. The number of benzene rings is 1. The average Bonchev–Trinajstić information content (AvgIpc) is 2.08.